The van der Waals surface area contributed by atoms with Crippen LogP contribution in [0, 0.1) is 5.92 Å². The highest BCUT2D eigenvalue weighted by atomic mass is 127. The summed E-state index contributed by atoms with van der Waals surface area (Å²) in [4.78, 5) is 21.6. The van der Waals surface area contributed by atoms with Crippen LogP contribution in [0.25, 0.3) is 0 Å². The van der Waals surface area contributed by atoms with Crippen LogP contribution in [-0.4, -0.2) is 86.4 Å². The highest BCUT2D eigenvalue weighted by molar-refractivity contribution is 14.0. The molecule has 8 heteroatoms. The van der Waals surface area contributed by atoms with Crippen molar-refractivity contribution in [1.29, 1.82) is 0 Å². The first kappa shape index (κ1) is 24.4. The molecule has 0 spiro atoms. The van der Waals surface area contributed by atoms with Gasteiger partial charge in [0.05, 0.1) is 32.3 Å². The van der Waals surface area contributed by atoms with Gasteiger partial charge in [-0.25, -0.2) is 0 Å². The summed E-state index contributed by atoms with van der Waals surface area (Å²) in [5, 5.41) is 3.41. The molecule has 0 radical (unpaired) electrons. The van der Waals surface area contributed by atoms with Crippen molar-refractivity contribution < 1.29 is 14.3 Å². The second-order valence-corrected chi connectivity index (χ2v) is 7.22. The Morgan fingerprint density at radius 1 is 1.30 bits per heavy atom. The van der Waals surface area contributed by atoms with Crippen molar-refractivity contribution >= 4 is 35.9 Å². The van der Waals surface area contributed by atoms with E-state index in [0.29, 0.717) is 18.7 Å². The Hall–Kier alpha value is -0.610. The Labute approximate surface area is 181 Å². The van der Waals surface area contributed by atoms with Gasteiger partial charge in [0.15, 0.2) is 5.96 Å². The average Bonchev–Trinajstić information content (AvgIpc) is 2.65. The average molecular weight is 496 g/mol. The van der Waals surface area contributed by atoms with E-state index in [0.717, 1.165) is 64.7 Å². The number of hydrogen-bond acceptors (Lipinski definition) is 5. The van der Waals surface area contributed by atoms with Gasteiger partial charge in [-0.3, -0.25) is 14.7 Å². The maximum Gasteiger partial charge on any atom is 0.309 e. The summed E-state index contributed by atoms with van der Waals surface area (Å²) in [5.41, 5.74) is 0. The molecule has 2 saturated heterocycles. The number of carbonyl (C=O) groups excluding carboxylic acids is 1. The Morgan fingerprint density at radius 2 is 2.00 bits per heavy atom. The van der Waals surface area contributed by atoms with Crippen LogP contribution in [0.4, 0.5) is 0 Å². The fraction of sp³-hybridized carbons (Fsp3) is 0.895. The SMILES string of the molecule is CCNC(=NCC(C)N1CCOCC1C)N1CCC(C(=O)OCC)CC1.I. The molecule has 7 nitrogen and oxygen atoms in total. The minimum Gasteiger partial charge on any atom is -0.466 e. The molecular weight excluding hydrogens is 459 g/mol. The first-order valence-electron chi connectivity index (χ1n) is 10.1. The third kappa shape index (κ3) is 7.38. The van der Waals surface area contributed by atoms with Crippen molar-refractivity contribution in [2.75, 3.05) is 52.5 Å². The van der Waals surface area contributed by atoms with Crippen LogP contribution in [0.2, 0.25) is 0 Å². The van der Waals surface area contributed by atoms with Crippen molar-refractivity contribution in [1.82, 2.24) is 15.1 Å². The Morgan fingerprint density at radius 3 is 2.59 bits per heavy atom. The quantitative estimate of drug-likeness (QED) is 0.263. The van der Waals surface area contributed by atoms with Gasteiger partial charge in [-0.15, -0.1) is 24.0 Å². The number of carbonyl (C=O) groups is 1. The fourth-order valence-electron chi connectivity index (χ4n) is 3.73. The maximum atomic E-state index is 11.9. The minimum atomic E-state index is -0.0518. The molecule has 2 fully saturated rings. The van der Waals surface area contributed by atoms with E-state index < -0.39 is 0 Å². The zero-order valence-corrected chi connectivity index (χ0v) is 19.6. The smallest absolute Gasteiger partial charge is 0.309 e. The number of halogens is 1. The summed E-state index contributed by atoms with van der Waals surface area (Å²) in [6, 6.07) is 0.830. The number of hydrogen-bond donors (Lipinski definition) is 1. The third-order valence-electron chi connectivity index (χ3n) is 5.24. The van der Waals surface area contributed by atoms with Gasteiger partial charge >= 0.3 is 5.97 Å². The molecule has 158 valence electrons. The van der Waals surface area contributed by atoms with E-state index >= 15 is 0 Å². The molecule has 0 aromatic carbocycles. The van der Waals surface area contributed by atoms with Gasteiger partial charge in [-0.05, 0) is 40.5 Å². The number of likely N-dealkylation sites (tertiary alicyclic amines) is 1. The number of esters is 1. The molecule has 2 heterocycles. The number of ether oxygens (including phenoxy) is 2. The lowest BCUT2D eigenvalue weighted by molar-refractivity contribution is -0.149. The van der Waals surface area contributed by atoms with E-state index in [4.69, 9.17) is 14.5 Å². The fourth-order valence-corrected chi connectivity index (χ4v) is 3.73. The Kier molecular flexibility index (Phi) is 11.6. The van der Waals surface area contributed by atoms with Gasteiger partial charge in [-0.1, -0.05) is 0 Å². The number of rotatable bonds is 6. The standard InChI is InChI=1S/C19H36N4O3.HI/c1-5-20-19(21-13-15(3)23-11-12-25-14-16(23)4)22-9-7-17(8-10-22)18(24)26-6-2;/h15-17H,5-14H2,1-4H3,(H,20,21);1H. The summed E-state index contributed by atoms with van der Waals surface area (Å²) in [5.74, 6) is 0.939. The van der Waals surface area contributed by atoms with Crippen LogP contribution in [0.3, 0.4) is 0 Å². The van der Waals surface area contributed by atoms with Gasteiger partial charge in [-0.2, -0.15) is 0 Å². The molecule has 0 aliphatic carbocycles. The minimum absolute atomic E-state index is 0. The second-order valence-electron chi connectivity index (χ2n) is 7.22. The molecule has 0 bridgehead atoms. The second kappa shape index (κ2) is 12.8. The largest absolute Gasteiger partial charge is 0.466 e. The van der Waals surface area contributed by atoms with E-state index in [-0.39, 0.29) is 35.9 Å². The molecule has 0 aromatic rings. The molecule has 2 rings (SSSR count). The molecule has 2 aliphatic heterocycles. The first-order chi connectivity index (χ1) is 12.6. The molecule has 2 aliphatic rings. The lowest BCUT2D eigenvalue weighted by atomic mass is 9.97. The lowest BCUT2D eigenvalue weighted by Gasteiger charge is -2.38. The lowest BCUT2D eigenvalue weighted by Crippen LogP contribution is -2.50. The molecule has 2 atom stereocenters. The van der Waals surface area contributed by atoms with E-state index in [1.165, 1.54) is 0 Å². The summed E-state index contributed by atoms with van der Waals surface area (Å²) in [6.45, 7) is 14.7. The predicted molar refractivity (Wildman–Crippen MR) is 119 cm³/mol. The van der Waals surface area contributed by atoms with Gasteiger partial charge in [0.1, 0.15) is 0 Å². The number of nitrogens with one attached hydrogen (secondary N) is 1. The van der Waals surface area contributed by atoms with E-state index in [1.54, 1.807) is 0 Å². The van der Waals surface area contributed by atoms with Crippen molar-refractivity contribution in [3.8, 4) is 0 Å². The zero-order valence-electron chi connectivity index (χ0n) is 17.3. The zero-order chi connectivity index (χ0) is 18.9. The number of piperidine rings is 1. The van der Waals surface area contributed by atoms with Crippen LogP contribution in [0.15, 0.2) is 4.99 Å². The van der Waals surface area contributed by atoms with E-state index in [2.05, 4.69) is 35.9 Å². The van der Waals surface area contributed by atoms with Crippen molar-refractivity contribution in [2.24, 2.45) is 10.9 Å². The summed E-state index contributed by atoms with van der Waals surface area (Å²) >= 11 is 0. The van der Waals surface area contributed by atoms with Gasteiger partial charge < -0.3 is 19.7 Å². The monoisotopic (exact) mass is 496 g/mol. The van der Waals surface area contributed by atoms with Crippen LogP contribution >= 0.6 is 24.0 Å². The molecule has 0 amide bonds. The number of aliphatic imine (C=N–C) groups is 1. The molecule has 1 N–H and O–H groups in total. The molecule has 0 saturated carbocycles. The van der Waals surface area contributed by atoms with Crippen LogP contribution in [-0.2, 0) is 14.3 Å². The Bertz CT molecular complexity index is 470. The number of guanidine groups is 1. The van der Waals surface area contributed by atoms with Crippen molar-refractivity contribution in [3.05, 3.63) is 0 Å². The Balaban J connectivity index is 0.00000364. The summed E-state index contributed by atoms with van der Waals surface area (Å²) in [6.07, 6.45) is 1.67. The van der Waals surface area contributed by atoms with Crippen molar-refractivity contribution in [2.45, 2.75) is 52.6 Å². The number of nitrogens with zero attached hydrogens (tertiary/aromatic N) is 3. The number of morpholine rings is 1. The van der Waals surface area contributed by atoms with Crippen molar-refractivity contribution in [3.63, 3.8) is 0 Å². The highest BCUT2D eigenvalue weighted by Gasteiger charge is 2.28. The van der Waals surface area contributed by atoms with Gasteiger partial charge in [0, 0.05) is 38.3 Å². The molecule has 2 unspecified atom stereocenters. The first-order valence-corrected chi connectivity index (χ1v) is 10.1. The summed E-state index contributed by atoms with van der Waals surface area (Å²) in [7, 11) is 0. The molecular formula is C19H37IN4O3. The maximum absolute atomic E-state index is 11.9. The predicted octanol–water partition coefficient (Wildman–Crippen LogP) is 1.95. The molecule has 27 heavy (non-hydrogen) atoms. The highest BCUT2D eigenvalue weighted by Crippen LogP contribution is 2.19. The molecule has 0 aromatic heterocycles. The van der Waals surface area contributed by atoms with Gasteiger partial charge in [0.25, 0.3) is 0 Å². The summed E-state index contributed by atoms with van der Waals surface area (Å²) < 4.78 is 10.7. The van der Waals surface area contributed by atoms with Crippen LogP contribution in [0.1, 0.15) is 40.5 Å². The van der Waals surface area contributed by atoms with Gasteiger partial charge in [0.2, 0.25) is 0 Å². The topological polar surface area (TPSA) is 66.4 Å². The van der Waals surface area contributed by atoms with Crippen LogP contribution in [0.5, 0.6) is 0 Å². The van der Waals surface area contributed by atoms with E-state index in [1.807, 2.05) is 6.92 Å². The third-order valence-corrected chi connectivity index (χ3v) is 5.24. The van der Waals surface area contributed by atoms with Crippen LogP contribution < -0.4 is 5.32 Å². The normalized spacial score (nSPS) is 23.5. The van der Waals surface area contributed by atoms with E-state index in [9.17, 15) is 4.79 Å².